The third-order valence-electron chi connectivity index (χ3n) is 3.15. The number of hydrogen-bond donors (Lipinski definition) is 0. The number of hydrogen-bond acceptors (Lipinski definition) is 4. The molecule has 0 aliphatic carbocycles. The number of thioether (sulfide) groups is 1. The zero-order valence-electron chi connectivity index (χ0n) is 13.1. The van der Waals surface area contributed by atoms with Gasteiger partial charge in [0.05, 0.1) is 11.6 Å². The van der Waals surface area contributed by atoms with Crippen molar-refractivity contribution in [1.29, 1.82) is 5.26 Å². The van der Waals surface area contributed by atoms with E-state index in [4.69, 9.17) is 10.00 Å². The first kappa shape index (κ1) is 16.4. The second-order valence-electron chi connectivity index (χ2n) is 6.26. The van der Waals surface area contributed by atoms with Gasteiger partial charge in [0.15, 0.2) is 0 Å². The van der Waals surface area contributed by atoms with Crippen LogP contribution in [0.1, 0.15) is 26.3 Å². The number of amides is 1. The molecule has 1 saturated heterocycles. The molecule has 1 heterocycles. The molecule has 0 unspecified atom stereocenters. The molecule has 0 radical (unpaired) electrons. The highest BCUT2D eigenvalue weighted by Gasteiger charge is 2.32. The van der Waals surface area contributed by atoms with Gasteiger partial charge in [-0.1, -0.05) is 6.58 Å². The molecule has 1 amide bonds. The second kappa shape index (κ2) is 6.45. The van der Waals surface area contributed by atoms with Crippen molar-refractivity contribution < 1.29 is 9.53 Å². The fourth-order valence-corrected chi connectivity index (χ4v) is 3.22. The van der Waals surface area contributed by atoms with E-state index in [2.05, 4.69) is 12.6 Å². The SMILES string of the molecule is C=C1CN(C(=O)OC(C)(C)C)C[C@@H]1Sc1ccc(C#N)cc1. The van der Waals surface area contributed by atoms with Crippen LogP contribution in [0.25, 0.3) is 0 Å². The molecule has 0 saturated carbocycles. The van der Waals surface area contributed by atoms with Gasteiger partial charge in [0.2, 0.25) is 0 Å². The molecule has 1 aliphatic rings. The molecule has 1 fully saturated rings. The van der Waals surface area contributed by atoms with E-state index in [1.165, 1.54) is 0 Å². The summed E-state index contributed by atoms with van der Waals surface area (Å²) in [6.45, 7) is 10.8. The molecule has 116 valence electrons. The summed E-state index contributed by atoms with van der Waals surface area (Å²) in [6, 6.07) is 9.55. The zero-order valence-corrected chi connectivity index (χ0v) is 13.9. The predicted molar refractivity (Wildman–Crippen MR) is 87.7 cm³/mol. The molecule has 0 aromatic heterocycles. The van der Waals surface area contributed by atoms with Gasteiger partial charge in [-0.3, -0.25) is 0 Å². The Hall–Kier alpha value is -1.93. The first-order valence-electron chi connectivity index (χ1n) is 7.11. The molecule has 2 rings (SSSR count). The number of nitriles is 1. The van der Waals surface area contributed by atoms with Crippen LogP contribution in [0.4, 0.5) is 4.79 Å². The van der Waals surface area contributed by atoms with E-state index < -0.39 is 5.60 Å². The Labute approximate surface area is 135 Å². The summed E-state index contributed by atoms with van der Waals surface area (Å²) in [5.41, 5.74) is 1.17. The molecular weight excluding hydrogens is 296 g/mol. The number of nitrogens with zero attached hydrogens (tertiary/aromatic N) is 2. The van der Waals surface area contributed by atoms with Gasteiger partial charge in [-0.15, -0.1) is 11.8 Å². The minimum absolute atomic E-state index is 0.153. The van der Waals surface area contributed by atoms with Crippen LogP contribution in [-0.4, -0.2) is 34.9 Å². The average molecular weight is 316 g/mol. The Morgan fingerprint density at radius 1 is 1.41 bits per heavy atom. The fourth-order valence-electron chi connectivity index (χ4n) is 2.10. The van der Waals surface area contributed by atoms with Crippen LogP contribution < -0.4 is 0 Å². The number of rotatable bonds is 2. The summed E-state index contributed by atoms with van der Waals surface area (Å²) in [5, 5.41) is 8.97. The largest absolute Gasteiger partial charge is 0.444 e. The maximum absolute atomic E-state index is 12.1. The third kappa shape index (κ3) is 4.28. The summed E-state index contributed by atoms with van der Waals surface area (Å²) in [4.78, 5) is 14.9. The smallest absolute Gasteiger partial charge is 0.410 e. The van der Waals surface area contributed by atoms with E-state index in [1.807, 2.05) is 32.9 Å². The third-order valence-corrected chi connectivity index (χ3v) is 4.46. The minimum Gasteiger partial charge on any atom is -0.444 e. The lowest BCUT2D eigenvalue weighted by molar-refractivity contribution is 0.0300. The lowest BCUT2D eigenvalue weighted by Crippen LogP contribution is -2.35. The Kier molecular flexibility index (Phi) is 4.82. The van der Waals surface area contributed by atoms with Crippen molar-refractivity contribution in [2.24, 2.45) is 0 Å². The van der Waals surface area contributed by atoms with E-state index in [1.54, 1.807) is 28.8 Å². The van der Waals surface area contributed by atoms with Gasteiger partial charge in [0, 0.05) is 23.2 Å². The summed E-state index contributed by atoms with van der Waals surface area (Å²) in [5.74, 6) is 0. The summed E-state index contributed by atoms with van der Waals surface area (Å²) >= 11 is 1.66. The maximum Gasteiger partial charge on any atom is 0.410 e. The van der Waals surface area contributed by atoms with Crippen LogP contribution in [0.15, 0.2) is 41.3 Å². The minimum atomic E-state index is -0.489. The van der Waals surface area contributed by atoms with E-state index in [0.717, 1.165) is 10.5 Å². The highest BCUT2D eigenvalue weighted by atomic mass is 32.2. The van der Waals surface area contributed by atoms with Gasteiger partial charge in [-0.2, -0.15) is 5.26 Å². The highest BCUT2D eigenvalue weighted by molar-refractivity contribution is 8.00. The number of carbonyl (C=O) groups is 1. The van der Waals surface area contributed by atoms with Crippen molar-refractivity contribution >= 4 is 17.9 Å². The molecule has 0 N–H and O–H groups in total. The molecular formula is C17H20N2O2S. The molecule has 1 aromatic carbocycles. The molecule has 1 atom stereocenters. The summed E-state index contributed by atoms with van der Waals surface area (Å²) in [7, 11) is 0. The molecule has 4 nitrogen and oxygen atoms in total. The van der Waals surface area contributed by atoms with Gasteiger partial charge in [0.25, 0.3) is 0 Å². The number of likely N-dealkylation sites (tertiary alicyclic amines) is 1. The summed E-state index contributed by atoms with van der Waals surface area (Å²) in [6.07, 6.45) is -0.295. The van der Waals surface area contributed by atoms with E-state index in [0.29, 0.717) is 18.7 Å². The van der Waals surface area contributed by atoms with Crippen LogP contribution in [0, 0.1) is 11.3 Å². The number of ether oxygens (including phenoxy) is 1. The fraction of sp³-hybridized carbons (Fsp3) is 0.412. The van der Waals surface area contributed by atoms with Crippen molar-refractivity contribution in [2.75, 3.05) is 13.1 Å². The quantitative estimate of drug-likeness (QED) is 0.778. The van der Waals surface area contributed by atoms with E-state index in [9.17, 15) is 4.79 Å². The van der Waals surface area contributed by atoms with Gasteiger partial charge < -0.3 is 9.64 Å². The van der Waals surface area contributed by atoms with Crippen LogP contribution in [-0.2, 0) is 4.74 Å². The van der Waals surface area contributed by atoms with Crippen molar-refractivity contribution in [3.8, 4) is 6.07 Å². The summed E-state index contributed by atoms with van der Waals surface area (Å²) < 4.78 is 5.40. The number of benzene rings is 1. The Balaban J connectivity index is 1.97. The monoisotopic (exact) mass is 316 g/mol. The van der Waals surface area contributed by atoms with Crippen molar-refractivity contribution in [1.82, 2.24) is 4.90 Å². The van der Waals surface area contributed by atoms with E-state index >= 15 is 0 Å². The molecule has 1 aliphatic heterocycles. The highest BCUT2D eigenvalue weighted by Crippen LogP contribution is 2.33. The molecule has 0 bridgehead atoms. The second-order valence-corrected chi connectivity index (χ2v) is 7.54. The molecule has 5 heteroatoms. The topological polar surface area (TPSA) is 53.3 Å². The predicted octanol–water partition coefficient (Wildman–Crippen LogP) is 3.83. The van der Waals surface area contributed by atoms with E-state index in [-0.39, 0.29) is 11.3 Å². The maximum atomic E-state index is 12.1. The Morgan fingerprint density at radius 2 is 2.05 bits per heavy atom. The zero-order chi connectivity index (χ0) is 16.3. The molecule has 22 heavy (non-hydrogen) atoms. The Morgan fingerprint density at radius 3 is 2.59 bits per heavy atom. The Bertz CT molecular complexity index is 611. The van der Waals surface area contributed by atoms with Gasteiger partial charge >= 0.3 is 6.09 Å². The lowest BCUT2D eigenvalue weighted by atomic mass is 10.2. The van der Waals surface area contributed by atoms with Crippen LogP contribution in [0.3, 0.4) is 0 Å². The van der Waals surface area contributed by atoms with Gasteiger partial charge in [0.1, 0.15) is 5.60 Å². The first-order chi connectivity index (χ1) is 10.3. The van der Waals surface area contributed by atoms with Crippen LogP contribution in [0.2, 0.25) is 0 Å². The van der Waals surface area contributed by atoms with Gasteiger partial charge in [-0.25, -0.2) is 4.79 Å². The van der Waals surface area contributed by atoms with Crippen LogP contribution >= 0.6 is 11.8 Å². The normalized spacial score (nSPS) is 18.2. The van der Waals surface area contributed by atoms with Crippen molar-refractivity contribution in [2.45, 2.75) is 36.5 Å². The number of carbonyl (C=O) groups excluding carboxylic acids is 1. The van der Waals surface area contributed by atoms with Crippen LogP contribution in [0.5, 0.6) is 0 Å². The standard InChI is InChI=1S/C17H20N2O2S/c1-12-10-19(16(20)21-17(2,3)4)11-15(12)22-14-7-5-13(9-18)6-8-14/h5-8,15H,1,10-11H2,2-4H3/t15-/m0/s1. The van der Waals surface area contributed by atoms with Crippen molar-refractivity contribution in [3.63, 3.8) is 0 Å². The van der Waals surface area contributed by atoms with Crippen molar-refractivity contribution in [3.05, 3.63) is 42.0 Å². The molecule has 1 aromatic rings. The molecule has 0 spiro atoms. The lowest BCUT2D eigenvalue weighted by Gasteiger charge is -2.24. The first-order valence-corrected chi connectivity index (χ1v) is 7.99. The average Bonchev–Trinajstić information content (AvgIpc) is 2.79. The van der Waals surface area contributed by atoms with Gasteiger partial charge in [-0.05, 0) is 50.6 Å².